The van der Waals surface area contributed by atoms with Gasteiger partial charge in [-0.3, -0.25) is 9.59 Å². The van der Waals surface area contributed by atoms with Gasteiger partial charge in [0.15, 0.2) is 0 Å². The number of alkyl halides is 2. The van der Waals surface area contributed by atoms with Crippen molar-refractivity contribution in [1.29, 1.82) is 0 Å². The van der Waals surface area contributed by atoms with Crippen molar-refractivity contribution in [2.45, 2.75) is 55.1 Å². The molecule has 1 aromatic heterocycles. The van der Waals surface area contributed by atoms with Crippen LogP contribution in [0.15, 0.2) is 40.2 Å². The second-order valence-corrected chi connectivity index (χ2v) is 9.33. The lowest BCUT2D eigenvalue weighted by molar-refractivity contribution is -0.0399. The predicted octanol–water partition coefficient (Wildman–Crippen LogP) is 4.39. The van der Waals surface area contributed by atoms with Crippen molar-refractivity contribution >= 4 is 41.7 Å². The van der Waals surface area contributed by atoms with E-state index in [-0.39, 0.29) is 62.1 Å². The number of rotatable bonds is 4. The highest BCUT2D eigenvalue weighted by atomic mass is 35.5. The summed E-state index contributed by atoms with van der Waals surface area (Å²) in [6.07, 6.45) is 1.56. The summed E-state index contributed by atoms with van der Waals surface area (Å²) in [6.45, 7) is 0.274. The molecule has 10 heteroatoms. The molecule has 1 aromatic carbocycles. The first-order valence-electron chi connectivity index (χ1n) is 9.82. The Morgan fingerprint density at radius 2 is 1.90 bits per heavy atom. The summed E-state index contributed by atoms with van der Waals surface area (Å²) in [6, 6.07) is 6.36. The van der Waals surface area contributed by atoms with E-state index in [0.717, 1.165) is 5.56 Å². The van der Waals surface area contributed by atoms with Gasteiger partial charge in [0.25, 0.3) is 11.5 Å². The van der Waals surface area contributed by atoms with Crippen molar-refractivity contribution < 1.29 is 13.6 Å². The van der Waals surface area contributed by atoms with E-state index in [0.29, 0.717) is 26.8 Å². The van der Waals surface area contributed by atoms with Gasteiger partial charge in [-0.2, -0.15) is 0 Å². The average Bonchev–Trinajstić information content (AvgIpc) is 3.09. The van der Waals surface area contributed by atoms with Gasteiger partial charge in [-0.1, -0.05) is 23.7 Å². The molecular formula is C21H23Cl2F2N3O2S. The Morgan fingerprint density at radius 1 is 1.26 bits per heavy atom. The van der Waals surface area contributed by atoms with Crippen molar-refractivity contribution in [2.75, 3.05) is 5.75 Å². The minimum Gasteiger partial charge on any atom is -0.349 e. The summed E-state index contributed by atoms with van der Waals surface area (Å²) < 4.78 is 28.3. The molecule has 2 heterocycles. The van der Waals surface area contributed by atoms with E-state index in [1.165, 1.54) is 16.3 Å². The van der Waals surface area contributed by atoms with Crippen molar-refractivity contribution in [2.24, 2.45) is 5.73 Å². The number of fused-ring (bicyclic) bond motifs is 1. The summed E-state index contributed by atoms with van der Waals surface area (Å²) in [5, 5.41) is 3.47. The molecule has 2 aromatic rings. The van der Waals surface area contributed by atoms with Crippen LogP contribution < -0.4 is 16.6 Å². The number of carbonyl (C=O) groups excluding carboxylic acids is 1. The highest BCUT2D eigenvalue weighted by Gasteiger charge is 2.36. The van der Waals surface area contributed by atoms with Crippen LogP contribution in [0.5, 0.6) is 0 Å². The quantitative estimate of drug-likeness (QED) is 0.667. The number of nitrogens with zero attached hydrogens (tertiary/aromatic N) is 1. The van der Waals surface area contributed by atoms with Gasteiger partial charge in [0.1, 0.15) is 0 Å². The number of pyridine rings is 1. The first kappa shape index (κ1) is 24.0. The van der Waals surface area contributed by atoms with E-state index in [4.69, 9.17) is 17.3 Å². The molecule has 1 saturated carbocycles. The third-order valence-electron chi connectivity index (χ3n) is 5.61. The Bertz CT molecular complexity index is 1020. The van der Waals surface area contributed by atoms with Crippen LogP contribution in [0.3, 0.4) is 0 Å². The molecule has 0 bridgehead atoms. The lowest BCUT2D eigenvalue weighted by Crippen LogP contribution is -2.41. The normalized spacial score (nSPS) is 20.1. The number of thioether (sulfide) groups is 1. The second-order valence-electron chi connectivity index (χ2n) is 7.87. The van der Waals surface area contributed by atoms with Gasteiger partial charge in [0.05, 0.1) is 12.1 Å². The average molecular weight is 490 g/mol. The summed E-state index contributed by atoms with van der Waals surface area (Å²) in [4.78, 5) is 26.6. The fraction of sp³-hybridized carbons (Fsp3) is 0.429. The third-order valence-corrected chi connectivity index (χ3v) is 7.11. The molecule has 1 fully saturated rings. The first-order valence-corrected chi connectivity index (χ1v) is 11.2. The van der Waals surface area contributed by atoms with E-state index in [1.54, 1.807) is 18.3 Å². The molecule has 31 heavy (non-hydrogen) atoms. The van der Waals surface area contributed by atoms with Crippen LogP contribution >= 0.6 is 35.8 Å². The summed E-state index contributed by atoms with van der Waals surface area (Å²) in [7, 11) is 0. The fourth-order valence-corrected chi connectivity index (χ4v) is 5.26. The maximum absolute atomic E-state index is 13.4. The zero-order valence-electron chi connectivity index (χ0n) is 16.6. The predicted molar refractivity (Wildman–Crippen MR) is 121 cm³/mol. The van der Waals surface area contributed by atoms with Crippen LogP contribution in [-0.2, 0) is 6.54 Å². The van der Waals surface area contributed by atoms with Gasteiger partial charge in [-0.15, -0.1) is 24.2 Å². The summed E-state index contributed by atoms with van der Waals surface area (Å²) in [5.41, 5.74) is 7.60. The minimum atomic E-state index is -2.66. The van der Waals surface area contributed by atoms with Gasteiger partial charge in [-0.25, -0.2) is 8.78 Å². The zero-order chi connectivity index (χ0) is 21.5. The van der Waals surface area contributed by atoms with Gasteiger partial charge < -0.3 is 15.6 Å². The van der Waals surface area contributed by atoms with Crippen LogP contribution in [0, 0.1) is 0 Å². The van der Waals surface area contributed by atoms with Crippen LogP contribution in [0.4, 0.5) is 8.78 Å². The number of aromatic nitrogens is 1. The van der Waals surface area contributed by atoms with Crippen LogP contribution in [0.2, 0.25) is 5.02 Å². The molecule has 3 N–H and O–H groups in total. The molecule has 168 valence electrons. The maximum Gasteiger partial charge on any atom is 0.256 e. The molecule has 4 rings (SSSR count). The highest BCUT2D eigenvalue weighted by Crippen LogP contribution is 2.38. The van der Waals surface area contributed by atoms with Crippen molar-refractivity contribution in [3.8, 4) is 0 Å². The number of amides is 1. The zero-order valence-corrected chi connectivity index (χ0v) is 19.0. The smallest absolute Gasteiger partial charge is 0.256 e. The van der Waals surface area contributed by atoms with Gasteiger partial charge in [-0.05, 0) is 30.5 Å². The van der Waals surface area contributed by atoms with E-state index in [2.05, 4.69) is 5.32 Å². The van der Waals surface area contributed by atoms with Gasteiger partial charge >= 0.3 is 0 Å². The standard InChI is InChI=1S/C21H22ClF2N3O2S.ClH/c22-13-3-1-12(2-4-13)9-27-10-15(18-17(20(27)29)16(25)11-30-18)19(28)26-14-5-7-21(23,24)8-6-14;/h1-4,10,14,16H,5-9,11,25H2,(H,26,28);1H/t16-;/m0./s1. The molecule has 1 aliphatic heterocycles. The van der Waals surface area contributed by atoms with E-state index < -0.39 is 12.0 Å². The summed E-state index contributed by atoms with van der Waals surface area (Å²) in [5.74, 6) is -2.49. The number of nitrogens with two attached hydrogens (primary N) is 1. The van der Waals surface area contributed by atoms with E-state index in [1.807, 2.05) is 12.1 Å². The Hall–Kier alpha value is -1.61. The number of carbonyl (C=O) groups is 1. The van der Waals surface area contributed by atoms with Gasteiger partial charge in [0.2, 0.25) is 5.92 Å². The first-order chi connectivity index (χ1) is 14.2. The molecule has 2 aliphatic rings. The van der Waals surface area contributed by atoms with Crippen LogP contribution in [-0.4, -0.2) is 28.2 Å². The van der Waals surface area contributed by atoms with Crippen LogP contribution in [0.25, 0.3) is 0 Å². The Labute approximate surface area is 194 Å². The lowest BCUT2D eigenvalue weighted by atomic mass is 9.92. The lowest BCUT2D eigenvalue weighted by Gasteiger charge is -2.29. The Morgan fingerprint density at radius 3 is 2.55 bits per heavy atom. The number of nitrogens with one attached hydrogen (secondary N) is 1. The van der Waals surface area contributed by atoms with Gasteiger partial charge in [0, 0.05) is 52.4 Å². The number of benzene rings is 1. The monoisotopic (exact) mass is 489 g/mol. The second kappa shape index (κ2) is 9.48. The van der Waals surface area contributed by atoms with Crippen LogP contribution in [0.1, 0.15) is 53.2 Å². The number of hydrogen-bond donors (Lipinski definition) is 2. The number of halogens is 4. The molecule has 0 saturated heterocycles. The molecule has 0 unspecified atom stereocenters. The molecule has 0 radical (unpaired) electrons. The molecule has 1 amide bonds. The van der Waals surface area contributed by atoms with Crippen molar-refractivity contribution in [3.63, 3.8) is 0 Å². The fourth-order valence-electron chi connectivity index (χ4n) is 3.92. The van der Waals surface area contributed by atoms with Crippen molar-refractivity contribution in [1.82, 2.24) is 9.88 Å². The molecular weight excluding hydrogens is 467 g/mol. The highest BCUT2D eigenvalue weighted by molar-refractivity contribution is 7.99. The number of hydrogen-bond acceptors (Lipinski definition) is 4. The minimum absolute atomic E-state index is 0. The largest absolute Gasteiger partial charge is 0.349 e. The SMILES string of the molecule is Cl.N[C@H]1CSc2c(C(=O)NC3CCC(F)(F)CC3)cn(Cc3ccc(Cl)cc3)c(=O)c21. The van der Waals surface area contributed by atoms with E-state index >= 15 is 0 Å². The Balaban J connectivity index is 0.00000272. The molecule has 5 nitrogen and oxygen atoms in total. The third kappa shape index (κ3) is 5.25. The molecule has 1 atom stereocenters. The summed E-state index contributed by atoms with van der Waals surface area (Å²) >= 11 is 7.32. The van der Waals surface area contributed by atoms with Crippen molar-refractivity contribution in [3.05, 3.63) is 62.5 Å². The topological polar surface area (TPSA) is 77.1 Å². The Kier molecular flexibility index (Phi) is 7.35. The maximum atomic E-state index is 13.4. The van der Waals surface area contributed by atoms with E-state index in [9.17, 15) is 18.4 Å². The molecule has 1 aliphatic carbocycles. The molecule has 0 spiro atoms.